The van der Waals surface area contributed by atoms with Gasteiger partial charge in [-0.25, -0.2) is 0 Å². The van der Waals surface area contributed by atoms with E-state index in [1.165, 1.54) is 19.3 Å². The minimum Gasteiger partial charge on any atom is -0.390 e. The van der Waals surface area contributed by atoms with Crippen LogP contribution >= 0.6 is 0 Å². The Labute approximate surface area is 111 Å². The Morgan fingerprint density at radius 2 is 1.89 bits per heavy atom. The van der Waals surface area contributed by atoms with Crippen molar-refractivity contribution in [3.8, 4) is 0 Å². The van der Waals surface area contributed by atoms with Crippen molar-refractivity contribution in [1.82, 2.24) is 0 Å². The van der Waals surface area contributed by atoms with Gasteiger partial charge in [-0.15, -0.1) is 0 Å². The van der Waals surface area contributed by atoms with Gasteiger partial charge in [-0.05, 0) is 44.9 Å². The van der Waals surface area contributed by atoms with Crippen LogP contribution in [0.25, 0.3) is 0 Å². The Morgan fingerprint density at radius 3 is 2.50 bits per heavy atom. The van der Waals surface area contributed by atoms with Crippen LogP contribution < -0.4 is 0 Å². The Kier molecular flexibility index (Phi) is 5.46. The van der Waals surface area contributed by atoms with E-state index in [9.17, 15) is 5.11 Å². The zero-order chi connectivity index (χ0) is 12.8. The first-order valence-corrected chi connectivity index (χ1v) is 7.66. The lowest BCUT2D eigenvalue weighted by Crippen LogP contribution is -2.47. The lowest BCUT2D eigenvalue weighted by molar-refractivity contribution is -0.147. The van der Waals surface area contributed by atoms with Gasteiger partial charge in [-0.1, -0.05) is 19.3 Å². The minimum absolute atomic E-state index is 0.245. The minimum atomic E-state index is -0.291. The van der Waals surface area contributed by atoms with Crippen LogP contribution in [0.2, 0.25) is 0 Å². The molecule has 0 aromatic carbocycles. The summed E-state index contributed by atoms with van der Waals surface area (Å²) in [4.78, 5) is 0. The van der Waals surface area contributed by atoms with Crippen LogP contribution in [0, 0.1) is 5.92 Å². The van der Waals surface area contributed by atoms with Crippen molar-refractivity contribution in [2.45, 2.75) is 70.0 Å². The highest BCUT2D eigenvalue weighted by Gasteiger charge is 2.40. The maximum atomic E-state index is 10.6. The summed E-state index contributed by atoms with van der Waals surface area (Å²) in [6, 6.07) is 0. The van der Waals surface area contributed by atoms with E-state index in [1.54, 1.807) is 0 Å². The van der Waals surface area contributed by atoms with E-state index < -0.39 is 0 Å². The summed E-state index contributed by atoms with van der Waals surface area (Å²) < 4.78 is 11.4. The Hall–Kier alpha value is -0.120. The zero-order valence-electron chi connectivity index (χ0n) is 11.7. The quantitative estimate of drug-likeness (QED) is 0.822. The van der Waals surface area contributed by atoms with Gasteiger partial charge in [-0.3, -0.25) is 0 Å². The highest BCUT2D eigenvalue weighted by molar-refractivity contribution is 4.92. The van der Waals surface area contributed by atoms with Crippen molar-refractivity contribution in [2.24, 2.45) is 5.92 Å². The van der Waals surface area contributed by atoms with Gasteiger partial charge in [0.25, 0.3) is 0 Å². The van der Waals surface area contributed by atoms with Crippen LogP contribution in [0.3, 0.4) is 0 Å². The van der Waals surface area contributed by atoms with Gasteiger partial charge in [0.2, 0.25) is 0 Å². The van der Waals surface area contributed by atoms with E-state index in [2.05, 4.69) is 0 Å². The van der Waals surface area contributed by atoms with Crippen molar-refractivity contribution in [2.75, 3.05) is 19.8 Å². The molecule has 2 aliphatic rings. The van der Waals surface area contributed by atoms with Gasteiger partial charge >= 0.3 is 0 Å². The molecular formula is C15H28O3. The molecule has 2 rings (SSSR count). The number of aliphatic hydroxyl groups excluding tert-OH is 1. The molecule has 0 amide bonds. The lowest BCUT2D eigenvalue weighted by Gasteiger charge is -2.42. The number of hydrogen-bond donors (Lipinski definition) is 1. The fourth-order valence-corrected chi connectivity index (χ4v) is 3.52. The lowest BCUT2D eigenvalue weighted by atomic mass is 9.76. The van der Waals surface area contributed by atoms with E-state index in [-0.39, 0.29) is 11.7 Å². The Balaban J connectivity index is 1.91. The molecule has 1 saturated carbocycles. The second-order valence-corrected chi connectivity index (χ2v) is 5.87. The molecule has 2 fully saturated rings. The molecule has 1 atom stereocenters. The molecule has 0 aromatic heterocycles. The summed E-state index contributed by atoms with van der Waals surface area (Å²) in [5.74, 6) is 0.619. The molecule has 0 aromatic rings. The molecule has 1 N–H and O–H groups in total. The van der Waals surface area contributed by atoms with E-state index in [0.717, 1.165) is 45.3 Å². The van der Waals surface area contributed by atoms with Gasteiger partial charge < -0.3 is 14.6 Å². The summed E-state index contributed by atoms with van der Waals surface area (Å²) in [6.07, 6.45) is 8.55. The van der Waals surface area contributed by atoms with E-state index in [1.807, 2.05) is 6.92 Å². The Morgan fingerprint density at radius 1 is 1.22 bits per heavy atom. The highest BCUT2D eigenvalue weighted by atomic mass is 16.5. The molecule has 3 nitrogen and oxygen atoms in total. The van der Waals surface area contributed by atoms with Gasteiger partial charge in [0.15, 0.2) is 0 Å². The van der Waals surface area contributed by atoms with Crippen LogP contribution in [-0.2, 0) is 9.47 Å². The summed E-state index contributed by atoms with van der Waals surface area (Å²) in [6.45, 7) is 4.47. The number of rotatable bonds is 5. The molecule has 1 aliphatic heterocycles. The second-order valence-electron chi connectivity index (χ2n) is 5.87. The molecule has 1 heterocycles. The molecule has 1 saturated heterocycles. The molecule has 0 spiro atoms. The predicted molar refractivity (Wildman–Crippen MR) is 71.6 cm³/mol. The average molecular weight is 256 g/mol. The van der Waals surface area contributed by atoms with E-state index >= 15 is 0 Å². The maximum absolute atomic E-state index is 10.6. The molecule has 1 aliphatic carbocycles. The van der Waals surface area contributed by atoms with Crippen LogP contribution in [0.15, 0.2) is 0 Å². The normalized spacial score (nSPS) is 27.0. The van der Waals surface area contributed by atoms with E-state index in [4.69, 9.17) is 9.47 Å². The summed E-state index contributed by atoms with van der Waals surface area (Å²) >= 11 is 0. The molecule has 0 radical (unpaired) electrons. The smallest absolute Gasteiger partial charge is 0.0940 e. The van der Waals surface area contributed by atoms with Gasteiger partial charge in [-0.2, -0.15) is 0 Å². The van der Waals surface area contributed by atoms with Gasteiger partial charge in [0.05, 0.1) is 11.7 Å². The third-order valence-electron chi connectivity index (χ3n) is 4.64. The zero-order valence-corrected chi connectivity index (χ0v) is 11.7. The second kappa shape index (κ2) is 6.88. The molecule has 3 heteroatoms. The monoisotopic (exact) mass is 256 g/mol. The van der Waals surface area contributed by atoms with Gasteiger partial charge in [0.1, 0.15) is 0 Å². The summed E-state index contributed by atoms with van der Waals surface area (Å²) in [5.41, 5.74) is -0.245. The molecule has 18 heavy (non-hydrogen) atoms. The topological polar surface area (TPSA) is 38.7 Å². The van der Waals surface area contributed by atoms with Crippen molar-refractivity contribution in [3.05, 3.63) is 0 Å². The molecule has 0 bridgehead atoms. The fraction of sp³-hybridized carbons (Fsp3) is 1.00. The summed E-state index contributed by atoms with van der Waals surface area (Å²) in [5, 5.41) is 10.6. The highest BCUT2D eigenvalue weighted by Crippen LogP contribution is 2.37. The van der Waals surface area contributed by atoms with Crippen LogP contribution in [0.1, 0.15) is 58.3 Å². The average Bonchev–Trinajstić information content (AvgIpc) is 2.41. The van der Waals surface area contributed by atoms with Crippen LogP contribution in [0.4, 0.5) is 0 Å². The van der Waals surface area contributed by atoms with Gasteiger partial charge in [0, 0.05) is 19.8 Å². The van der Waals surface area contributed by atoms with E-state index in [0.29, 0.717) is 12.5 Å². The first-order chi connectivity index (χ1) is 8.77. The summed E-state index contributed by atoms with van der Waals surface area (Å²) in [7, 11) is 0. The van der Waals surface area contributed by atoms with Crippen molar-refractivity contribution >= 4 is 0 Å². The number of hydrogen-bond acceptors (Lipinski definition) is 3. The standard InChI is InChI=1S/C15H28O3/c1-2-18-15(8-4-3-5-9-15)14(16)12-13-6-10-17-11-7-13/h13-14,16H,2-12H2,1H3. The number of aliphatic hydroxyl groups is 1. The third-order valence-corrected chi connectivity index (χ3v) is 4.64. The maximum Gasteiger partial charge on any atom is 0.0940 e. The Bertz CT molecular complexity index is 224. The first-order valence-electron chi connectivity index (χ1n) is 7.66. The fourth-order valence-electron chi connectivity index (χ4n) is 3.52. The van der Waals surface area contributed by atoms with Crippen molar-refractivity contribution in [1.29, 1.82) is 0 Å². The van der Waals surface area contributed by atoms with Crippen LogP contribution in [0.5, 0.6) is 0 Å². The molecular weight excluding hydrogens is 228 g/mol. The number of ether oxygens (including phenoxy) is 2. The van der Waals surface area contributed by atoms with Crippen molar-refractivity contribution < 1.29 is 14.6 Å². The predicted octanol–water partition coefficient (Wildman–Crippen LogP) is 2.90. The van der Waals surface area contributed by atoms with Crippen molar-refractivity contribution in [3.63, 3.8) is 0 Å². The van der Waals surface area contributed by atoms with Crippen LogP contribution in [-0.4, -0.2) is 36.6 Å². The SMILES string of the molecule is CCOC1(C(O)CC2CCOCC2)CCCCC1. The third kappa shape index (κ3) is 3.46. The first kappa shape index (κ1) is 14.3. The molecule has 106 valence electrons. The largest absolute Gasteiger partial charge is 0.390 e. The molecule has 1 unspecified atom stereocenters.